The van der Waals surface area contributed by atoms with E-state index in [9.17, 15) is 14.4 Å². The van der Waals surface area contributed by atoms with E-state index in [4.69, 9.17) is 4.74 Å². The second kappa shape index (κ2) is 8.69. The van der Waals surface area contributed by atoms with E-state index < -0.39 is 0 Å². The third-order valence-corrected chi connectivity index (χ3v) is 4.91. The third kappa shape index (κ3) is 4.74. The van der Waals surface area contributed by atoms with Gasteiger partial charge in [-0.05, 0) is 18.4 Å². The molecule has 3 amide bonds. The van der Waals surface area contributed by atoms with Crippen LogP contribution in [0.2, 0.25) is 0 Å². The first-order valence-corrected chi connectivity index (χ1v) is 9.14. The Morgan fingerprint density at radius 2 is 1.96 bits per heavy atom. The lowest BCUT2D eigenvalue weighted by molar-refractivity contribution is -0.138. The molecule has 0 spiro atoms. The van der Waals surface area contributed by atoms with Crippen LogP contribution >= 0.6 is 0 Å². The molecule has 140 valence electrons. The van der Waals surface area contributed by atoms with Crippen LogP contribution in [0.25, 0.3) is 0 Å². The molecule has 7 heteroatoms. The van der Waals surface area contributed by atoms with E-state index in [1.54, 1.807) is 9.80 Å². The maximum atomic E-state index is 12.4. The molecule has 7 nitrogen and oxygen atoms in total. The Kier molecular flexibility index (Phi) is 6.09. The fourth-order valence-corrected chi connectivity index (χ4v) is 3.34. The quantitative estimate of drug-likeness (QED) is 0.789. The number of hydrogen-bond donors (Lipinski definition) is 1. The van der Waals surface area contributed by atoms with E-state index in [-0.39, 0.29) is 23.8 Å². The zero-order valence-corrected chi connectivity index (χ0v) is 14.9. The van der Waals surface area contributed by atoms with E-state index in [1.165, 1.54) is 5.56 Å². The van der Waals surface area contributed by atoms with Gasteiger partial charge in [-0.15, -0.1) is 0 Å². The van der Waals surface area contributed by atoms with Gasteiger partial charge in [-0.3, -0.25) is 9.59 Å². The number of ether oxygens (including phenoxy) is 1. The Labute approximate surface area is 153 Å². The van der Waals surface area contributed by atoms with Gasteiger partial charge in [0.1, 0.15) is 6.61 Å². The number of benzene rings is 1. The molecule has 0 bridgehead atoms. The highest BCUT2D eigenvalue weighted by atomic mass is 16.6. The first-order valence-electron chi connectivity index (χ1n) is 9.14. The van der Waals surface area contributed by atoms with Crippen LogP contribution in [0.3, 0.4) is 0 Å². The summed E-state index contributed by atoms with van der Waals surface area (Å²) in [5.74, 6) is -0.117. The van der Waals surface area contributed by atoms with Crippen molar-refractivity contribution in [3.8, 4) is 0 Å². The number of rotatable bonds is 7. The van der Waals surface area contributed by atoms with Gasteiger partial charge in [0.25, 0.3) is 0 Å². The van der Waals surface area contributed by atoms with Crippen LogP contribution in [0, 0.1) is 5.92 Å². The van der Waals surface area contributed by atoms with Gasteiger partial charge in [-0.2, -0.15) is 0 Å². The van der Waals surface area contributed by atoms with Crippen molar-refractivity contribution in [1.82, 2.24) is 15.1 Å². The number of nitrogens with zero attached hydrogens (tertiary/aromatic N) is 2. The molecule has 1 atom stereocenters. The van der Waals surface area contributed by atoms with Crippen LogP contribution in [-0.2, 0) is 20.7 Å². The Bertz CT molecular complexity index is 649. The van der Waals surface area contributed by atoms with Crippen molar-refractivity contribution in [1.29, 1.82) is 0 Å². The van der Waals surface area contributed by atoms with Crippen LogP contribution in [0.1, 0.15) is 18.4 Å². The molecule has 2 saturated heterocycles. The molecule has 2 aliphatic heterocycles. The van der Waals surface area contributed by atoms with Crippen molar-refractivity contribution in [3.63, 3.8) is 0 Å². The van der Waals surface area contributed by atoms with Crippen molar-refractivity contribution < 1.29 is 19.1 Å². The summed E-state index contributed by atoms with van der Waals surface area (Å²) in [7, 11) is 0. The monoisotopic (exact) mass is 359 g/mol. The predicted molar refractivity (Wildman–Crippen MR) is 95.4 cm³/mol. The van der Waals surface area contributed by atoms with Gasteiger partial charge in [-0.1, -0.05) is 30.3 Å². The van der Waals surface area contributed by atoms with Crippen molar-refractivity contribution in [2.24, 2.45) is 5.92 Å². The van der Waals surface area contributed by atoms with Gasteiger partial charge in [0.15, 0.2) is 0 Å². The number of cyclic esters (lactones) is 1. The summed E-state index contributed by atoms with van der Waals surface area (Å²) >= 11 is 0. The largest absolute Gasteiger partial charge is 0.448 e. The molecule has 1 aromatic rings. The van der Waals surface area contributed by atoms with Crippen LogP contribution in [0.4, 0.5) is 4.79 Å². The Hall–Kier alpha value is -2.57. The normalized spacial score (nSPS) is 20.2. The summed E-state index contributed by atoms with van der Waals surface area (Å²) < 4.78 is 4.86. The van der Waals surface area contributed by atoms with E-state index in [0.717, 1.165) is 6.42 Å². The molecule has 1 N–H and O–H groups in total. The fourth-order valence-electron chi connectivity index (χ4n) is 3.34. The SMILES string of the molecule is O=C(NCCN1CCOC1=O)C1CCC(=O)N(CCc2ccccc2)C1. The molecule has 1 aromatic carbocycles. The molecule has 0 aliphatic carbocycles. The number of hydrogen-bond acceptors (Lipinski definition) is 4. The number of likely N-dealkylation sites (tertiary alicyclic amines) is 1. The lowest BCUT2D eigenvalue weighted by Crippen LogP contribution is -2.47. The molecule has 0 aromatic heterocycles. The second-order valence-electron chi connectivity index (χ2n) is 6.70. The maximum Gasteiger partial charge on any atom is 0.409 e. The van der Waals surface area contributed by atoms with Gasteiger partial charge in [0.05, 0.1) is 12.5 Å². The Morgan fingerprint density at radius 3 is 2.69 bits per heavy atom. The van der Waals surface area contributed by atoms with Gasteiger partial charge in [-0.25, -0.2) is 4.79 Å². The minimum absolute atomic E-state index is 0.0465. The highest BCUT2D eigenvalue weighted by molar-refractivity contribution is 5.83. The molecule has 2 fully saturated rings. The van der Waals surface area contributed by atoms with Gasteiger partial charge in [0.2, 0.25) is 11.8 Å². The molecule has 2 aliphatic rings. The summed E-state index contributed by atoms with van der Waals surface area (Å²) in [6.07, 6.45) is 1.45. The lowest BCUT2D eigenvalue weighted by atomic mass is 9.96. The standard InChI is InChI=1S/C19H25N3O4/c23-17-7-6-16(14-22(17)10-8-15-4-2-1-3-5-15)18(24)20-9-11-21-12-13-26-19(21)25/h1-5,16H,6-14H2,(H,20,24). The Balaban J connectivity index is 1.43. The average Bonchev–Trinajstić information content (AvgIpc) is 3.07. The van der Waals surface area contributed by atoms with Crippen molar-refractivity contribution in [2.75, 3.05) is 39.3 Å². The van der Waals surface area contributed by atoms with Gasteiger partial charge < -0.3 is 19.9 Å². The molecule has 2 heterocycles. The summed E-state index contributed by atoms with van der Waals surface area (Å²) in [6.45, 7) is 2.93. The van der Waals surface area contributed by atoms with Gasteiger partial charge in [0, 0.05) is 32.6 Å². The van der Waals surface area contributed by atoms with E-state index >= 15 is 0 Å². The highest BCUT2D eigenvalue weighted by Gasteiger charge is 2.30. The smallest absolute Gasteiger partial charge is 0.409 e. The third-order valence-electron chi connectivity index (χ3n) is 4.91. The number of nitrogens with one attached hydrogen (secondary N) is 1. The van der Waals surface area contributed by atoms with Gasteiger partial charge >= 0.3 is 6.09 Å². The summed E-state index contributed by atoms with van der Waals surface area (Å²) in [5.41, 5.74) is 1.18. The zero-order valence-electron chi connectivity index (χ0n) is 14.9. The van der Waals surface area contributed by atoms with Crippen molar-refractivity contribution in [2.45, 2.75) is 19.3 Å². The molecule has 0 radical (unpaired) electrons. The average molecular weight is 359 g/mol. The summed E-state index contributed by atoms with van der Waals surface area (Å²) in [6, 6.07) is 10.0. The van der Waals surface area contributed by atoms with Crippen LogP contribution in [0.15, 0.2) is 30.3 Å². The summed E-state index contributed by atoms with van der Waals surface area (Å²) in [5, 5.41) is 2.88. The molecule has 1 unspecified atom stereocenters. The first kappa shape index (κ1) is 18.2. The molecule has 0 saturated carbocycles. The van der Waals surface area contributed by atoms with Crippen LogP contribution in [-0.4, -0.2) is 67.0 Å². The molecular weight excluding hydrogens is 334 g/mol. The van der Waals surface area contributed by atoms with Crippen molar-refractivity contribution in [3.05, 3.63) is 35.9 Å². The first-order chi connectivity index (χ1) is 12.6. The Morgan fingerprint density at radius 1 is 1.15 bits per heavy atom. The number of carbonyl (C=O) groups is 3. The van der Waals surface area contributed by atoms with Crippen LogP contribution < -0.4 is 5.32 Å². The predicted octanol–water partition coefficient (Wildman–Crippen LogP) is 1.04. The second-order valence-corrected chi connectivity index (χ2v) is 6.70. The highest BCUT2D eigenvalue weighted by Crippen LogP contribution is 2.18. The molecule has 26 heavy (non-hydrogen) atoms. The number of piperidine rings is 1. The minimum atomic E-state index is -0.324. The van der Waals surface area contributed by atoms with E-state index in [0.29, 0.717) is 52.2 Å². The zero-order chi connectivity index (χ0) is 18.4. The fraction of sp³-hybridized carbons (Fsp3) is 0.526. The topological polar surface area (TPSA) is 79.0 Å². The van der Waals surface area contributed by atoms with E-state index in [2.05, 4.69) is 5.32 Å². The van der Waals surface area contributed by atoms with Crippen LogP contribution in [0.5, 0.6) is 0 Å². The maximum absolute atomic E-state index is 12.4. The van der Waals surface area contributed by atoms with Crippen molar-refractivity contribution >= 4 is 17.9 Å². The molecule has 3 rings (SSSR count). The van der Waals surface area contributed by atoms with E-state index in [1.807, 2.05) is 30.3 Å². The minimum Gasteiger partial charge on any atom is -0.448 e. The number of carbonyl (C=O) groups excluding carboxylic acids is 3. The lowest BCUT2D eigenvalue weighted by Gasteiger charge is -2.32. The summed E-state index contributed by atoms with van der Waals surface area (Å²) in [4.78, 5) is 39.3. The molecular formula is C19H25N3O4. The number of amides is 3.